The lowest BCUT2D eigenvalue weighted by Crippen LogP contribution is -2.15. The maximum absolute atomic E-state index is 12.7. The summed E-state index contributed by atoms with van der Waals surface area (Å²) in [6.07, 6.45) is -0.775. The minimum absolute atomic E-state index is 0.000737. The van der Waals surface area contributed by atoms with Gasteiger partial charge in [0.25, 0.3) is 15.7 Å². The summed E-state index contributed by atoms with van der Waals surface area (Å²) in [7, 11) is -3.28. The van der Waals surface area contributed by atoms with E-state index in [0.29, 0.717) is 5.69 Å². The summed E-state index contributed by atoms with van der Waals surface area (Å²) in [5.41, 5.74) is -0.501. The highest BCUT2D eigenvalue weighted by Gasteiger charge is 2.20. The van der Waals surface area contributed by atoms with E-state index in [1.165, 1.54) is 26.2 Å². The van der Waals surface area contributed by atoms with Crippen molar-refractivity contribution in [2.45, 2.75) is 18.1 Å². The number of para-hydroxylation sites is 1. The van der Waals surface area contributed by atoms with Crippen molar-refractivity contribution < 1.29 is 22.4 Å². The van der Waals surface area contributed by atoms with Crippen LogP contribution in [0.3, 0.4) is 0 Å². The number of ether oxygens (including phenoxy) is 2. The standard InChI is InChI=1S/C19H17N5O6S/c1-12(29-2)30-16-9-8-13(10-17(16)31(26,27)28)21-22-18-15(11-20)23-24(19(18)25)14-6-4-3-5-7-14/h3-10,12,23H,1-2H3,(H,26,27,28). The molecule has 0 fully saturated rings. The molecule has 31 heavy (non-hydrogen) atoms. The quantitative estimate of drug-likeness (QED) is 0.322. The molecule has 1 unspecified atom stereocenters. The van der Waals surface area contributed by atoms with Crippen molar-refractivity contribution >= 4 is 21.5 Å². The van der Waals surface area contributed by atoms with Gasteiger partial charge in [0.2, 0.25) is 0 Å². The second-order valence-corrected chi connectivity index (χ2v) is 7.54. The van der Waals surface area contributed by atoms with Gasteiger partial charge in [-0.15, -0.1) is 5.11 Å². The normalized spacial score (nSPS) is 12.6. The van der Waals surface area contributed by atoms with E-state index >= 15 is 0 Å². The number of nitrogens with zero attached hydrogens (tertiary/aromatic N) is 4. The third kappa shape index (κ3) is 4.86. The Labute approximate surface area is 176 Å². The van der Waals surface area contributed by atoms with Gasteiger partial charge >= 0.3 is 0 Å². The maximum atomic E-state index is 12.7. The van der Waals surface area contributed by atoms with Crippen molar-refractivity contribution in [2.24, 2.45) is 10.2 Å². The van der Waals surface area contributed by atoms with Gasteiger partial charge in [-0.05, 0) is 37.3 Å². The number of nitrogens with one attached hydrogen (secondary N) is 1. The molecular weight excluding hydrogens is 426 g/mol. The molecule has 0 bridgehead atoms. The van der Waals surface area contributed by atoms with Crippen molar-refractivity contribution in [2.75, 3.05) is 7.11 Å². The van der Waals surface area contributed by atoms with Gasteiger partial charge in [0.05, 0.1) is 11.4 Å². The molecule has 0 aliphatic heterocycles. The summed E-state index contributed by atoms with van der Waals surface area (Å²) in [5.74, 6) is -0.151. The number of methoxy groups -OCH3 is 1. The number of azo groups is 1. The third-order valence-electron chi connectivity index (χ3n) is 4.09. The largest absolute Gasteiger partial charge is 0.464 e. The number of H-pyrrole nitrogens is 1. The molecular formula is C19H17N5O6S. The van der Waals surface area contributed by atoms with Crippen molar-refractivity contribution in [1.82, 2.24) is 9.78 Å². The van der Waals surface area contributed by atoms with Crippen LogP contribution >= 0.6 is 0 Å². The van der Waals surface area contributed by atoms with Gasteiger partial charge in [0.15, 0.2) is 17.7 Å². The van der Waals surface area contributed by atoms with E-state index < -0.39 is 26.9 Å². The van der Waals surface area contributed by atoms with Crippen LogP contribution in [0.1, 0.15) is 12.6 Å². The fraction of sp³-hybridized carbons (Fsp3) is 0.158. The van der Waals surface area contributed by atoms with E-state index in [-0.39, 0.29) is 22.8 Å². The Bertz CT molecular complexity index is 1320. The third-order valence-corrected chi connectivity index (χ3v) is 4.96. The average Bonchev–Trinajstić information content (AvgIpc) is 3.08. The average molecular weight is 443 g/mol. The zero-order chi connectivity index (χ0) is 22.6. The summed E-state index contributed by atoms with van der Waals surface area (Å²) in [6.45, 7) is 1.54. The Morgan fingerprint density at radius 3 is 2.52 bits per heavy atom. The second kappa shape index (κ2) is 8.92. The highest BCUT2D eigenvalue weighted by Crippen LogP contribution is 2.30. The highest BCUT2D eigenvalue weighted by molar-refractivity contribution is 7.86. The molecule has 3 aromatic rings. The smallest absolute Gasteiger partial charge is 0.300 e. The summed E-state index contributed by atoms with van der Waals surface area (Å²) in [4.78, 5) is 12.1. The first-order valence-electron chi connectivity index (χ1n) is 8.78. The highest BCUT2D eigenvalue weighted by atomic mass is 32.2. The van der Waals surface area contributed by atoms with Crippen LogP contribution in [0.2, 0.25) is 0 Å². The Balaban J connectivity index is 2.02. The van der Waals surface area contributed by atoms with Crippen LogP contribution in [-0.4, -0.2) is 36.2 Å². The predicted molar refractivity (Wildman–Crippen MR) is 109 cm³/mol. The molecule has 1 heterocycles. The number of hydrogen-bond acceptors (Lipinski definition) is 8. The number of benzene rings is 2. The topological polar surface area (TPSA) is 159 Å². The zero-order valence-corrected chi connectivity index (χ0v) is 17.2. The molecule has 0 aliphatic rings. The van der Waals surface area contributed by atoms with Gasteiger partial charge in [-0.1, -0.05) is 18.2 Å². The first-order valence-corrected chi connectivity index (χ1v) is 10.2. The van der Waals surface area contributed by atoms with E-state index in [2.05, 4.69) is 15.3 Å². The molecule has 11 nitrogen and oxygen atoms in total. The van der Waals surface area contributed by atoms with E-state index in [1.807, 2.05) is 6.07 Å². The number of hydrogen-bond donors (Lipinski definition) is 2. The number of nitriles is 1. The lowest BCUT2D eigenvalue weighted by molar-refractivity contribution is -0.0400. The van der Waals surface area contributed by atoms with Crippen LogP contribution in [0.25, 0.3) is 5.69 Å². The lowest BCUT2D eigenvalue weighted by atomic mass is 10.3. The number of aromatic amines is 1. The molecule has 0 saturated carbocycles. The van der Waals surface area contributed by atoms with Gasteiger partial charge in [-0.2, -0.15) is 18.8 Å². The Morgan fingerprint density at radius 1 is 1.19 bits per heavy atom. The minimum atomic E-state index is -4.65. The molecule has 1 aromatic heterocycles. The SMILES string of the molecule is COC(C)Oc1ccc(N=Nc2c(C#N)[nH]n(-c3ccccc3)c2=O)cc1S(=O)(=O)O. The maximum Gasteiger partial charge on any atom is 0.300 e. The van der Waals surface area contributed by atoms with Crippen LogP contribution < -0.4 is 10.3 Å². The molecule has 0 aliphatic carbocycles. The van der Waals surface area contributed by atoms with E-state index in [9.17, 15) is 23.0 Å². The molecule has 2 N–H and O–H groups in total. The van der Waals surface area contributed by atoms with Gasteiger partial charge in [-0.25, -0.2) is 4.68 Å². The molecule has 1 atom stereocenters. The molecule has 12 heteroatoms. The number of rotatable bonds is 7. The summed E-state index contributed by atoms with van der Waals surface area (Å²) in [6, 6.07) is 14.0. The summed E-state index contributed by atoms with van der Waals surface area (Å²) < 4.78 is 44.3. The van der Waals surface area contributed by atoms with Crippen LogP contribution in [0.5, 0.6) is 5.75 Å². The van der Waals surface area contributed by atoms with E-state index in [0.717, 1.165) is 10.7 Å². The van der Waals surface area contributed by atoms with Gasteiger partial charge in [0, 0.05) is 7.11 Å². The molecule has 0 amide bonds. The van der Waals surface area contributed by atoms with Crippen LogP contribution in [-0.2, 0) is 14.9 Å². The first kappa shape index (κ1) is 21.9. The first-order chi connectivity index (χ1) is 14.7. The minimum Gasteiger partial charge on any atom is -0.464 e. The van der Waals surface area contributed by atoms with Crippen LogP contribution in [0, 0.1) is 11.3 Å². The molecule has 3 rings (SSSR count). The summed E-state index contributed by atoms with van der Waals surface area (Å²) in [5, 5.41) is 19.6. The fourth-order valence-corrected chi connectivity index (χ4v) is 3.19. The van der Waals surface area contributed by atoms with Gasteiger partial charge < -0.3 is 9.47 Å². The molecule has 0 saturated heterocycles. The van der Waals surface area contributed by atoms with Crippen molar-refractivity contribution in [3.63, 3.8) is 0 Å². The van der Waals surface area contributed by atoms with E-state index in [4.69, 9.17) is 9.47 Å². The Morgan fingerprint density at radius 2 is 1.90 bits per heavy atom. The van der Waals surface area contributed by atoms with Gasteiger partial charge in [0.1, 0.15) is 16.7 Å². The molecule has 160 valence electrons. The summed E-state index contributed by atoms with van der Waals surface area (Å²) >= 11 is 0. The fourth-order valence-electron chi connectivity index (χ4n) is 2.55. The van der Waals surface area contributed by atoms with Crippen LogP contribution in [0.15, 0.2) is 68.4 Å². The lowest BCUT2D eigenvalue weighted by Gasteiger charge is -2.14. The molecule has 0 radical (unpaired) electrons. The van der Waals surface area contributed by atoms with Crippen molar-refractivity contribution in [1.29, 1.82) is 5.26 Å². The van der Waals surface area contributed by atoms with Crippen molar-refractivity contribution in [3.8, 4) is 17.5 Å². The predicted octanol–water partition coefficient (Wildman–Crippen LogP) is 3.07. The van der Waals surface area contributed by atoms with Gasteiger partial charge in [-0.3, -0.25) is 14.4 Å². The molecule has 2 aromatic carbocycles. The Kier molecular flexibility index (Phi) is 6.30. The monoisotopic (exact) mass is 443 g/mol. The van der Waals surface area contributed by atoms with Crippen LogP contribution in [0.4, 0.5) is 11.4 Å². The second-order valence-electron chi connectivity index (χ2n) is 6.15. The molecule has 0 spiro atoms. The van der Waals surface area contributed by atoms with E-state index in [1.54, 1.807) is 30.3 Å². The zero-order valence-electron chi connectivity index (χ0n) is 16.4. The Hall–Kier alpha value is -3.79. The number of aromatic nitrogens is 2. The van der Waals surface area contributed by atoms with Crippen molar-refractivity contribution in [3.05, 3.63) is 64.6 Å².